The number of hydrogen-bond acceptors (Lipinski definition) is 6. The van der Waals surface area contributed by atoms with Crippen LogP contribution in [0, 0.1) is 0 Å². The topological polar surface area (TPSA) is 56.3 Å². The Morgan fingerprint density at radius 1 is 0.926 bits per heavy atom. The van der Waals surface area contributed by atoms with E-state index in [4.69, 9.17) is 9.47 Å². The van der Waals surface area contributed by atoms with E-state index in [-0.39, 0.29) is 0 Å². The van der Waals surface area contributed by atoms with Crippen LogP contribution >= 0.6 is 11.3 Å². The number of benzene rings is 2. The van der Waals surface area contributed by atoms with E-state index in [0.717, 1.165) is 27.3 Å². The maximum atomic E-state index is 5.37. The molecule has 4 rings (SSSR count). The lowest BCUT2D eigenvalue weighted by Crippen LogP contribution is -2.02. The van der Waals surface area contributed by atoms with Crippen molar-refractivity contribution in [1.29, 1.82) is 0 Å². The highest BCUT2D eigenvalue weighted by molar-refractivity contribution is 7.21. The van der Waals surface area contributed by atoms with Gasteiger partial charge in [-0.25, -0.2) is 9.97 Å². The van der Waals surface area contributed by atoms with Crippen molar-refractivity contribution in [3.63, 3.8) is 0 Å². The van der Waals surface area contributed by atoms with E-state index in [9.17, 15) is 0 Å². The lowest BCUT2D eigenvalue weighted by molar-refractivity contribution is 0.354. The summed E-state index contributed by atoms with van der Waals surface area (Å²) in [4.78, 5) is 11.0. The number of nitrogens with one attached hydrogen (secondary N) is 1. The van der Waals surface area contributed by atoms with Crippen LogP contribution in [0.15, 0.2) is 60.9 Å². The Morgan fingerprint density at radius 3 is 2.52 bits per heavy atom. The number of hydrogen-bond donors (Lipinski definition) is 1. The normalized spacial score (nSPS) is 10.7. The third-order valence-electron chi connectivity index (χ3n) is 4.30. The van der Waals surface area contributed by atoms with Crippen LogP contribution in [-0.2, 0) is 6.54 Å². The number of ether oxygens (including phenoxy) is 2. The largest absolute Gasteiger partial charge is 0.493 e. The van der Waals surface area contributed by atoms with Crippen molar-refractivity contribution < 1.29 is 9.47 Å². The fraction of sp³-hybridized carbons (Fsp3) is 0.143. The van der Waals surface area contributed by atoms with Gasteiger partial charge in [-0.05, 0) is 29.3 Å². The van der Waals surface area contributed by atoms with Gasteiger partial charge in [-0.3, -0.25) is 0 Å². The highest BCUT2D eigenvalue weighted by atomic mass is 32.1. The highest BCUT2D eigenvalue weighted by Gasteiger charge is 2.11. The zero-order valence-corrected chi connectivity index (χ0v) is 15.9. The molecule has 0 radical (unpaired) electrons. The van der Waals surface area contributed by atoms with E-state index >= 15 is 0 Å². The van der Waals surface area contributed by atoms with Gasteiger partial charge >= 0.3 is 0 Å². The first-order valence-corrected chi connectivity index (χ1v) is 9.35. The Morgan fingerprint density at radius 2 is 1.74 bits per heavy atom. The van der Waals surface area contributed by atoms with Crippen molar-refractivity contribution in [1.82, 2.24) is 9.97 Å². The van der Waals surface area contributed by atoms with E-state index in [0.29, 0.717) is 12.3 Å². The van der Waals surface area contributed by atoms with Gasteiger partial charge in [0.15, 0.2) is 11.5 Å². The Kier molecular flexibility index (Phi) is 4.89. The van der Waals surface area contributed by atoms with Gasteiger partial charge in [0.1, 0.15) is 17.0 Å². The SMILES string of the molecule is COc1ccc(CNc2ncnc3sc(-c4ccccc4)cc23)cc1OC. The van der Waals surface area contributed by atoms with Crippen LogP contribution in [0.2, 0.25) is 0 Å². The molecule has 0 aliphatic heterocycles. The highest BCUT2D eigenvalue weighted by Crippen LogP contribution is 2.35. The predicted octanol–water partition coefficient (Wildman–Crippen LogP) is 4.99. The molecule has 136 valence electrons. The summed E-state index contributed by atoms with van der Waals surface area (Å²) in [5.74, 6) is 2.26. The van der Waals surface area contributed by atoms with Crippen LogP contribution in [0.5, 0.6) is 11.5 Å². The summed E-state index contributed by atoms with van der Waals surface area (Å²) < 4.78 is 10.7. The number of nitrogens with zero attached hydrogens (tertiary/aromatic N) is 2. The molecule has 2 aromatic heterocycles. The molecule has 0 fully saturated rings. The minimum Gasteiger partial charge on any atom is -0.493 e. The van der Waals surface area contributed by atoms with Gasteiger partial charge in [0.2, 0.25) is 0 Å². The van der Waals surface area contributed by atoms with Crippen LogP contribution in [0.3, 0.4) is 0 Å². The van der Waals surface area contributed by atoms with Crippen molar-refractivity contribution >= 4 is 27.4 Å². The molecular weight excluding hydrogens is 358 g/mol. The van der Waals surface area contributed by atoms with Crippen LogP contribution in [-0.4, -0.2) is 24.2 Å². The fourth-order valence-electron chi connectivity index (χ4n) is 2.92. The second-order valence-corrected chi connectivity index (χ2v) is 6.99. The van der Waals surface area contributed by atoms with Crippen LogP contribution in [0.1, 0.15) is 5.56 Å². The molecule has 0 spiro atoms. The first-order valence-electron chi connectivity index (χ1n) is 8.53. The van der Waals surface area contributed by atoms with Gasteiger partial charge in [0.05, 0.1) is 19.6 Å². The van der Waals surface area contributed by atoms with E-state index in [1.165, 1.54) is 10.4 Å². The van der Waals surface area contributed by atoms with E-state index < -0.39 is 0 Å². The van der Waals surface area contributed by atoms with Crippen molar-refractivity contribution in [2.45, 2.75) is 6.54 Å². The lowest BCUT2D eigenvalue weighted by atomic mass is 10.2. The zero-order valence-electron chi connectivity index (χ0n) is 15.1. The molecule has 2 aromatic carbocycles. The van der Waals surface area contributed by atoms with E-state index in [1.54, 1.807) is 31.9 Å². The van der Waals surface area contributed by atoms with E-state index in [1.807, 2.05) is 36.4 Å². The summed E-state index contributed by atoms with van der Waals surface area (Å²) in [5, 5.41) is 4.45. The number of methoxy groups -OCH3 is 2. The van der Waals surface area contributed by atoms with Crippen LogP contribution in [0.25, 0.3) is 20.7 Å². The molecule has 0 atom stereocenters. The molecule has 0 amide bonds. The molecule has 0 bridgehead atoms. The average molecular weight is 377 g/mol. The molecule has 2 heterocycles. The Labute approximate surface area is 161 Å². The monoisotopic (exact) mass is 377 g/mol. The maximum absolute atomic E-state index is 5.37. The average Bonchev–Trinajstić information content (AvgIpc) is 3.17. The number of rotatable bonds is 6. The molecule has 0 saturated carbocycles. The lowest BCUT2D eigenvalue weighted by Gasteiger charge is -2.11. The third kappa shape index (κ3) is 3.57. The molecule has 5 nitrogen and oxygen atoms in total. The molecular formula is C21H19N3O2S. The smallest absolute Gasteiger partial charge is 0.161 e. The minimum absolute atomic E-state index is 0.628. The number of fused-ring (bicyclic) bond motifs is 1. The first kappa shape index (κ1) is 17.3. The van der Waals surface area contributed by atoms with Gasteiger partial charge in [-0.2, -0.15) is 0 Å². The van der Waals surface area contributed by atoms with Crippen molar-refractivity contribution in [2.75, 3.05) is 19.5 Å². The zero-order chi connectivity index (χ0) is 18.6. The van der Waals surface area contributed by atoms with Gasteiger partial charge in [0, 0.05) is 11.4 Å². The number of thiophene rings is 1. The first-order chi connectivity index (χ1) is 13.3. The van der Waals surface area contributed by atoms with Crippen LogP contribution < -0.4 is 14.8 Å². The summed E-state index contributed by atoms with van der Waals surface area (Å²) in [7, 11) is 3.27. The molecule has 1 N–H and O–H groups in total. The number of aromatic nitrogens is 2. The van der Waals surface area contributed by atoms with Crippen molar-refractivity contribution in [2.24, 2.45) is 0 Å². The summed E-state index contributed by atoms with van der Waals surface area (Å²) in [5.41, 5.74) is 2.27. The van der Waals surface area contributed by atoms with Crippen molar-refractivity contribution in [3.8, 4) is 21.9 Å². The van der Waals surface area contributed by atoms with Gasteiger partial charge < -0.3 is 14.8 Å². The molecule has 6 heteroatoms. The van der Waals surface area contributed by atoms with Gasteiger partial charge in [-0.1, -0.05) is 36.4 Å². The van der Waals surface area contributed by atoms with E-state index in [2.05, 4.69) is 33.5 Å². The molecule has 0 aliphatic rings. The predicted molar refractivity (Wildman–Crippen MR) is 110 cm³/mol. The summed E-state index contributed by atoms with van der Waals surface area (Å²) in [6.07, 6.45) is 1.60. The maximum Gasteiger partial charge on any atom is 0.161 e. The van der Waals surface area contributed by atoms with Gasteiger partial charge in [0.25, 0.3) is 0 Å². The molecule has 27 heavy (non-hydrogen) atoms. The summed E-state index contributed by atoms with van der Waals surface area (Å²) >= 11 is 1.67. The second-order valence-electron chi connectivity index (χ2n) is 5.96. The second kappa shape index (κ2) is 7.63. The Balaban J connectivity index is 1.60. The minimum atomic E-state index is 0.628. The standard InChI is InChI=1S/C21H19N3O2S/c1-25-17-9-8-14(10-18(17)26-2)12-22-20-16-11-19(15-6-4-3-5-7-15)27-21(16)24-13-23-20/h3-11,13H,12H2,1-2H3,(H,22,23,24). The van der Waals surface area contributed by atoms with Crippen molar-refractivity contribution in [3.05, 3.63) is 66.5 Å². The summed E-state index contributed by atoms with van der Waals surface area (Å²) in [6, 6.07) is 18.3. The molecule has 0 unspecified atom stereocenters. The van der Waals surface area contributed by atoms with Gasteiger partial charge in [-0.15, -0.1) is 11.3 Å². The third-order valence-corrected chi connectivity index (χ3v) is 5.39. The summed E-state index contributed by atoms with van der Waals surface area (Å²) in [6.45, 7) is 0.628. The quantitative estimate of drug-likeness (QED) is 0.513. The van der Waals surface area contributed by atoms with Crippen LogP contribution in [0.4, 0.5) is 5.82 Å². The molecule has 4 aromatic rings. The number of anilines is 1. The molecule has 0 aliphatic carbocycles. The Hall–Kier alpha value is -3.12. The fourth-order valence-corrected chi connectivity index (χ4v) is 3.92. The molecule has 0 saturated heterocycles. The Bertz CT molecular complexity index is 1060.